The number of rotatable bonds is 5. The third-order valence-corrected chi connectivity index (χ3v) is 5.30. The van der Waals surface area contributed by atoms with Crippen LogP contribution in [0.5, 0.6) is 5.75 Å². The number of nitrogens with zero attached hydrogens (tertiary/aromatic N) is 3. The molecule has 0 bridgehead atoms. The molecule has 1 aromatic heterocycles. The molecule has 1 atom stereocenters. The average Bonchev–Trinajstić information content (AvgIpc) is 3.25. The molecule has 7 heteroatoms. The predicted molar refractivity (Wildman–Crippen MR) is 105 cm³/mol. The minimum atomic E-state index is -1.04. The van der Waals surface area contributed by atoms with Gasteiger partial charge in [0.25, 0.3) is 5.91 Å². The molecule has 0 aliphatic carbocycles. The van der Waals surface area contributed by atoms with Crippen LogP contribution in [0.4, 0.5) is 0 Å². The van der Waals surface area contributed by atoms with Gasteiger partial charge in [0.1, 0.15) is 5.54 Å². The number of likely N-dealkylation sites (tertiary alicyclic amines) is 1. The number of benzene rings is 1. The number of ether oxygens (including phenoxy) is 1. The topological polar surface area (TPSA) is 84.7 Å². The molecular weight excluding hydrogens is 358 g/mol. The molecule has 1 N–H and O–H groups in total. The molecule has 1 saturated heterocycles. The van der Waals surface area contributed by atoms with E-state index in [1.54, 1.807) is 13.8 Å². The molecule has 1 aliphatic heterocycles. The van der Waals surface area contributed by atoms with Crippen molar-refractivity contribution in [3.8, 4) is 11.4 Å². The monoisotopic (exact) mass is 385 g/mol. The molecule has 0 spiro atoms. The Morgan fingerprint density at radius 2 is 2.11 bits per heavy atom. The minimum Gasteiger partial charge on any atom is -0.504 e. The van der Waals surface area contributed by atoms with E-state index < -0.39 is 17.4 Å². The second-order valence-electron chi connectivity index (χ2n) is 7.61. The van der Waals surface area contributed by atoms with Crippen LogP contribution in [-0.2, 0) is 9.53 Å². The number of hydrogen-bond acceptors (Lipinski definition) is 5. The summed E-state index contributed by atoms with van der Waals surface area (Å²) in [5.41, 5.74) is 0.790. The van der Waals surface area contributed by atoms with Crippen LogP contribution >= 0.6 is 0 Å². The highest BCUT2D eigenvalue weighted by molar-refractivity contribution is 5.99. The zero-order valence-electron chi connectivity index (χ0n) is 16.8. The lowest BCUT2D eigenvalue weighted by molar-refractivity contribution is -0.153. The van der Waals surface area contributed by atoms with Crippen molar-refractivity contribution in [3.05, 3.63) is 41.7 Å². The van der Waals surface area contributed by atoms with E-state index in [9.17, 15) is 14.7 Å². The summed E-state index contributed by atoms with van der Waals surface area (Å²) >= 11 is 0. The Morgan fingerprint density at radius 1 is 1.36 bits per heavy atom. The molecule has 1 fully saturated rings. The quantitative estimate of drug-likeness (QED) is 0.799. The van der Waals surface area contributed by atoms with E-state index in [0.29, 0.717) is 25.3 Å². The summed E-state index contributed by atoms with van der Waals surface area (Å²) in [4.78, 5) is 27.0. The number of hydrogen-bond donors (Lipinski definition) is 1. The largest absolute Gasteiger partial charge is 0.504 e. The van der Waals surface area contributed by atoms with Gasteiger partial charge in [-0.25, -0.2) is 9.48 Å². The first-order valence-electron chi connectivity index (χ1n) is 9.66. The smallest absolute Gasteiger partial charge is 0.331 e. The maximum atomic E-state index is 13.1. The molecule has 1 aliphatic rings. The lowest BCUT2D eigenvalue weighted by atomic mass is 9.99. The SMILES string of the molecule is CCOC(=O)C1(C)CCCN1C(=O)c1nn(-c2cccc(C(C)C)c2)cc1O. The highest BCUT2D eigenvalue weighted by atomic mass is 16.5. The van der Waals surface area contributed by atoms with E-state index >= 15 is 0 Å². The zero-order chi connectivity index (χ0) is 20.5. The number of carbonyl (C=O) groups excluding carboxylic acids is 2. The van der Waals surface area contributed by atoms with Gasteiger partial charge in [0, 0.05) is 6.54 Å². The number of aromatic nitrogens is 2. The van der Waals surface area contributed by atoms with Crippen LogP contribution < -0.4 is 0 Å². The van der Waals surface area contributed by atoms with Gasteiger partial charge in [0.2, 0.25) is 0 Å². The summed E-state index contributed by atoms with van der Waals surface area (Å²) in [5.74, 6) is -0.758. The van der Waals surface area contributed by atoms with E-state index in [0.717, 1.165) is 11.3 Å². The Morgan fingerprint density at radius 3 is 2.79 bits per heavy atom. The minimum absolute atomic E-state index is 0.0626. The van der Waals surface area contributed by atoms with Crippen LogP contribution in [0.1, 0.15) is 62.5 Å². The first-order valence-corrected chi connectivity index (χ1v) is 9.66. The maximum Gasteiger partial charge on any atom is 0.331 e. The number of carbonyl (C=O) groups is 2. The lowest BCUT2D eigenvalue weighted by Crippen LogP contribution is -2.51. The molecule has 1 amide bonds. The van der Waals surface area contributed by atoms with Crippen LogP contribution in [0.3, 0.4) is 0 Å². The van der Waals surface area contributed by atoms with Gasteiger partial charge in [0.15, 0.2) is 11.4 Å². The van der Waals surface area contributed by atoms with E-state index in [1.165, 1.54) is 15.8 Å². The summed E-state index contributed by atoms with van der Waals surface area (Å²) in [6.45, 7) is 8.30. The second kappa shape index (κ2) is 7.66. The Balaban J connectivity index is 1.91. The predicted octanol–water partition coefficient (Wildman–Crippen LogP) is 3.26. The normalized spacial score (nSPS) is 19.2. The number of amides is 1. The fourth-order valence-electron chi connectivity index (χ4n) is 3.59. The summed E-state index contributed by atoms with van der Waals surface area (Å²) in [6, 6.07) is 7.79. The Labute approximate surface area is 164 Å². The van der Waals surface area contributed by atoms with Crippen LogP contribution in [0, 0.1) is 0 Å². The van der Waals surface area contributed by atoms with Gasteiger partial charge in [-0.05, 0) is 50.3 Å². The van der Waals surface area contributed by atoms with Crippen LogP contribution in [-0.4, -0.2) is 50.4 Å². The van der Waals surface area contributed by atoms with Crippen molar-refractivity contribution < 1.29 is 19.4 Å². The number of esters is 1. The van der Waals surface area contributed by atoms with Gasteiger partial charge in [-0.1, -0.05) is 26.0 Å². The van der Waals surface area contributed by atoms with Gasteiger partial charge in [-0.3, -0.25) is 4.79 Å². The van der Waals surface area contributed by atoms with Crippen LogP contribution in [0.25, 0.3) is 5.69 Å². The molecule has 0 saturated carbocycles. The standard InChI is InChI=1S/C21H27N3O4/c1-5-28-20(27)21(4)10-7-11-23(21)19(26)18-17(25)13-24(22-18)16-9-6-8-15(12-16)14(2)3/h6,8-9,12-14,25H,5,7,10-11H2,1-4H3. The van der Waals surface area contributed by atoms with E-state index in [4.69, 9.17) is 4.74 Å². The second-order valence-corrected chi connectivity index (χ2v) is 7.61. The van der Waals surface area contributed by atoms with Crippen LogP contribution in [0.2, 0.25) is 0 Å². The Bertz CT molecular complexity index is 890. The molecule has 1 unspecified atom stereocenters. The van der Waals surface area contributed by atoms with Crippen molar-refractivity contribution in [2.75, 3.05) is 13.2 Å². The number of aromatic hydroxyl groups is 1. The van der Waals surface area contributed by atoms with E-state index in [2.05, 4.69) is 18.9 Å². The molecule has 0 radical (unpaired) electrons. The van der Waals surface area contributed by atoms with Crippen molar-refractivity contribution in [2.24, 2.45) is 0 Å². The van der Waals surface area contributed by atoms with Crippen molar-refractivity contribution in [3.63, 3.8) is 0 Å². The molecule has 1 aromatic carbocycles. The highest BCUT2D eigenvalue weighted by Gasteiger charge is 2.48. The molecular formula is C21H27N3O4. The summed E-state index contributed by atoms with van der Waals surface area (Å²) in [5, 5.41) is 14.7. The van der Waals surface area contributed by atoms with Gasteiger partial charge >= 0.3 is 5.97 Å². The average molecular weight is 385 g/mol. The van der Waals surface area contributed by atoms with Crippen LogP contribution in [0.15, 0.2) is 30.5 Å². The molecule has 150 valence electrons. The maximum absolute atomic E-state index is 13.1. The molecule has 2 aromatic rings. The highest BCUT2D eigenvalue weighted by Crippen LogP contribution is 2.33. The third kappa shape index (κ3) is 3.48. The van der Waals surface area contributed by atoms with Crippen molar-refractivity contribution in [1.29, 1.82) is 0 Å². The third-order valence-electron chi connectivity index (χ3n) is 5.30. The fourth-order valence-corrected chi connectivity index (χ4v) is 3.59. The Kier molecular flexibility index (Phi) is 5.45. The fraction of sp³-hybridized carbons (Fsp3) is 0.476. The van der Waals surface area contributed by atoms with E-state index in [1.807, 2.05) is 24.3 Å². The van der Waals surface area contributed by atoms with Gasteiger partial charge in [-0.2, -0.15) is 5.10 Å². The van der Waals surface area contributed by atoms with Gasteiger partial charge in [-0.15, -0.1) is 0 Å². The first-order chi connectivity index (χ1) is 13.3. The van der Waals surface area contributed by atoms with E-state index in [-0.39, 0.29) is 18.1 Å². The lowest BCUT2D eigenvalue weighted by Gasteiger charge is -2.32. The summed E-state index contributed by atoms with van der Waals surface area (Å²) in [6.07, 6.45) is 2.64. The van der Waals surface area contributed by atoms with Gasteiger partial charge in [0.05, 0.1) is 18.5 Å². The van der Waals surface area contributed by atoms with Crippen molar-refractivity contribution in [1.82, 2.24) is 14.7 Å². The Hall–Kier alpha value is -2.83. The van der Waals surface area contributed by atoms with Crippen molar-refractivity contribution >= 4 is 11.9 Å². The molecule has 7 nitrogen and oxygen atoms in total. The van der Waals surface area contributed by atoms with Gasteiger partial charge < -0.3 is 14.7 Å². The molecule has 2 heterocycles. The molecule has 28 heavy (non-hydrogen) atoms. The zero-order valence-corrected chi connectivity index (χ0v) is 16.8. The molecule has 3 rings (SSSR count). The van der Waals surface area contributed by atoms with Crippen molar-refractivity contribution in [2.45, 2.75) is 52.0 Å². The first kappa shape index (κ1) is 19.9. The summed E-state index contributed by atoms with van der Waals surface area (Å²) in [7, 11) is 0. The summed E-state index contributed by atoms with van der Waals surface area (Å²) < 4.78 is 6.66.